The van der Waals surface area contributed by atoms with Crippen LogP contribution in [0.25, 0.3) is 11.1 Å². The quantitative estimate of drug-likeness (QED) is 0.726. The van der Waals surface area contributed by atoms with Crippen molar-refractivity contribution in [3.05, 3.63) is 47.8 Å². The number of pyridine rings is 2. The van der Waals surface area contributed by atoms with Crippen LogP contribution in [0, 0.1) is 12.7 Å². The fourth-order valence-corrected chi connectivity index (χ4v) is 1.63. The van der Waals surface area contributed by atoms with Gasteiger partial charge in [-0.3, -0.25) is 9.97 Å². The lowest BCUT2D eigenvalue weighted by molar-refractivity contribution is 0.622. The summed E-state index contributed by atoms with van der Waals surface area (Å²) in [6.07, 6.45) is 2.68. The molecule has 0 fully saturated rings. The first-order valence-corrected chi connectivity index (χ1v) is 5.33. The Morgan fingerprint density at radius 1 is 1.06 bits per heavy atom. The number of halogens is 1. The van der Waals surface area contributed by atoms with Gasteiger partial charge in [0.15, 0.2) is 0 Å². The zero-order chi connectivity index (χ0) is 13.3. The highest BCUT2D eigenvalue weighted by Gasteiger charge is 2.15. The average Bonchev–Trinajstić information content (AvgIpc) is 2.27. The minimum Gasteiger partial charge on any atom is -0.261 e. The molecule has 0 unspecified atom stereocenters. The minimum absolute atomic E-state index is 0.335. The Balaban J connectivity index is 2.55. The van der Waals surface area contributed by atoms with E-state index in [0.29, 0.717) is 17.0 Å². The Kier molecular flexibility index (Phi) is 3.29. The molecule has 0 amide bonds. The highest BCUT2D eigenvalue weighted by molar-refractivity contribution is 6.58. The second-order valence-corrected chi connectivity index (χ2v) is 4.21. The lowest BCUT2D eigenvalue weighted by Crippen LogP contribution is -2.28. The molecule has 0 bridgehead atoms. The van der Waals surface area contributed by atoms with Gasteiger partial charge in [-0.25, -0.2) is 4.39 Å². The number of aromatic nitrogens is 2. The van der Waals surface area contributed by atoms with Gasteiger partial charge in [0.2, 0.25) is 0 Å². The number of hydrogen-bond acceptors (Lipinski definition) is 2. The van der Waals surface area contributed by atoms with Crippen LogP contribution in [-0.4, -0.2) is 33.5 Å². The second kappa shape index (κ2) is 4.60. The van der Waals surface area contributed by atoms with E-state index >= 15 is 0 Å². The van der Waals surface area contributed by atoms with Crippen LogP contribution in [0.1, 0.15) is 11.4 Å². The third-order valence-electron chi connectivity index (χ3n) is 2.44. The first-order chi connectivity index (χ1) is 8.36. The zero-order valence-corrected chi connectivity index (χ0v) is 9.89. The van der Waals surface area contributed by atoms with Gasteiger partial charge in [0, 0.05) is 23.1 Å². The van der Waals surface area contributed by atoms with Crippen molar-refractivity contribution in [3.63, 3.8) is 0 Å². The molecule has 0 aliphatic heterocycles. The van der Waals surface area contributed by atoms with Gasteiger partial charge in [-0.2, -0.15) is 0 Å². The maximum absolute atomic E-state index is 13.1. The lowest BCUT2D eigenvalue weighted by Gasteiger charge is -2.20. The Bertz CT molecular complexity index is 582. The molecule has 0 aliphatic carbocycles. The summed E-state index contributed by atoms with van der Waals surface area (Å²) < 4.78 is 13.1. The van der Waals surface area contributed by atoms with Crippen LogP contribution in [0.2, 0.25) is 0 Å². The van der Waals surface area contributed by atoms with Gasteiger partial charge in [-0.05, 0) is 30.7 Å². The summed E-state index contributed by atoms with van der Waals surface area (Å²) in [6.45, 7) is 1.78. The molecule has 6 heteroatoms. The number of nitrogens with zero attached hydrogens (tertiary/aromatic N) is 2. The number of rotatable bonds is 2. The van der Waals surface area contributed by atoms with E-state index < -0.39 is 10.9 Å². The van der Waals surface area contributed by atoms with Crippen LogP contribution in [0.15, 0.2) is 30.6 Å². The Morgan fingerprint density at radius 2 is 1.78 bits per heavy atom. The molecule has 2 aromatic heterocycles. The Labute approximate surface area is 109 Å². The molecule has 82 valence electrons. The maximum Gasteiger partial charge on any atom is 0.142 e. The molecule has 0 spiro atoms. The fourth-order valence-electron chi connectivity index (χ4n) is 1.63. The van der Waals surface area contributed by atoms with Gasteiger partial charge in [0.25, 0.3) is 0 Å². The predicted octanol–water partition coefficient (Wildman–Crippen LogP) is 1.21. The van der Waals surface area contributed by atoms with Crippen LogP contribution >= 0.6 is 0 Å². The standard InChI is InChI=1S/C12H8B3FN2/c1-7-2-8(4-11(18-7)12(13,14)15)9-3-10(16)6-17-5-9/h2-6H,1H3. The third-order valence-corrected chi connectivity index (χ3v) is 2.44. The molecule has 2 rings (SSSR count). The van der Waals surface area contributed by atoms with Crippen molar-refractivity contribution in [2.75, 3.05) is 0 Å². The Hall–Kier alpha value is -1.58. The van der Waals surface area contributed by atoms with Crippen LogP contribution in [0.3, 0.4) is 0 Å². The number of hydrogen-bond donors (Lipinski definition) is 0. The molecular formula is C12H8B3FN2. The van der Waals surface area contributed by atoms with Gasteiger partial charge < -0.3 is 0 Å². The van der Waals surface area contributed by atoms with Crippen molar-refractivity contribution < 1.29 is 4.39 Å². The van der Waals surface area contributed by atoms with Crippen molar-refractivity contribution in [3.8, 4) is 11.1 Å². The Morgan fingerprint density at radius 3 is 2.39 bits per heavy atom. The minimum atomic E-state index is -1.53. The van der Waals surface area contributed by atoms with E-state index in [2.05, 4.69) is 9.97 Å². The van der Waals surface area contributed by atoms with Crippen LogP contribution in [-0.2, 0) is 5.11 Å². The second-order valence-electron chi connectivity index (χ2n) is 4.21. The maximum atomic E-state index is 13.1. The summed E-state index contributed by atoms with van der Waals surface area (Å²) in [6, 6.07) is 4.78. The molecule has 2 heterocycles. The van der Waals surface area contributed by atoms with E-state index in [1.807, 2.05) is 0 Å². The highest BCUT2D eigenvalue weighted by atomic mass is 19.1. The molecular weight excluding hydrogens is 224 g/mol. The molecule has 0 aromatic carbocycles. The molecule has 0 atom stereocenters. The van der Waals surface area contributed by atoms with Gasteiger partial charge in [0.05, 0.1) is 29.7 Å². The van der Waals surface area contributed by atoms with E-state index in [4.69, 9.17) is 23.5 Å². The van der Waals surface area contributed by atoms with Crippen LogP contribution in [0.4, 0.5) is 4.39 Å². The molecule has 2 aromatic rings. The predicted molar refractivity (Wildman–Crippen MR) is 71.1 cm³/mol. The number of aryl methyl sites for hydroxylation is 1. The van der Waals surface area contributed by atoms with E-state index in [1.165, 1.54) is 6.07 Å². The molecule has 6 radical (unpaired) electrons. The average molecular weight is 232 g/mol. The largest absolute Gasteiger partial charge is 0.261 e. The summed E-state index contributed by atoms with van der Waals surface area (Å²) in [5.74, 6) is -0.414. The van der Waals surface area contributed by atoms with Gasteiger partial charge >= 0.3 is 0 Å². The monoisotopic (exact) mass is 232 g/mol. The first kappa shape index (κ1) is 12.9. The van der Waals surface area contributed by atoms with Gasteiger partial charge in [-0.1, -0.05) is 5.11 Å². The smallest absolute Gasteiger partial charge is 0.142 e. The zero-order valence-electron chi connectivity index (χ0n) is 9.89. The van der Waals surface area contributed by atoms with Crippen molar-refractivity contribution in [1.82, 2.24) is 9.97 Å². The first-order valence-electron chi connectivity index (χ1n) is 5.33. The van der Waals surface area contributed by atoms with Crippen molar-refractivity contribution >= 4 is 23.5 Å². The fraction of sp³-hybridized carbons (Fsp3) is 0.167. The van der Waals surface area contributed by atoms with Crippen LogP contribution < -0.4 is 0 Å². The van der Waals surface area contributed by atoms with Crippen molar-refractivity contribution in [2.24, 2.45) is 0 Å². The summed E-state index contributed by atoms with van der Waals surface area (Å²) in [7, 11) is 16.8. The summed E-state index contributed by atoms with van der Waals surface area (Å²) in [5, 5.41) is -1.53. The lowest BCUT2D eigenvalue weighted by atomic mass is 9.41. The summed E-state index contributed by atoms with van der Waals surface area (Å²) >= 11 is 0. The topological polar surface area (TPSA) is 25.8 Å². The molecule has 18 heavy (non-hydrogen) atoms. The molecule has 0 saturated heterocycles. The van der Waals surface area contributed by atoms with Crippen molar-refractivity contribution in [1.29, 1.82) is 0 Å². The highest BCUT2D eigenvalue weighted by Crippen LogP contribution is 2.23. The van der Waals surface area contributed by atoms with E-state index in [9.17, 15) is 4.39 Å². The van der Waals surface area contributed by atoms with Gasteiger partial charge in [0.1, 0.15) is 5.82 Å². The molecule has 0 aliphatic rings. The summed E-state index contributed by atoms with van der Waals surface area (Å²) in [5.41, 5.74) is 2.36. The van der Waals surface area contributed by atoms with E-state index in [1.54, 1.807) is 25.3 Å². The summed E-state index contributed by atoms with van der Waals surface area (Å²) in [4.78, 5) is 7.96. The normalized spacial score (nSPS) is 11.4. The molecule has 2 nitrogen and oxygen atoms in total. The van der Waals surface area contributed by atoms with Crippen LogP contribution in [0.5, 0.6) is 0 Å². The molecule has 0 saturated carbocycles. The molecule has 0 N–H and O–H groups in total. The SMILES string of the molecule is [B]C([B])([B])c1cc(-c2cncc(F)c2)cc(C)n1. The van der Waals surface area contributed by atoms with Crippen molar-refractivity contribution in [2.45, 2.75) is 12.0 Å². The van der Waals surface area contributed by atoms with Gasteiger partial charge in [-0.15, -0.1) is 0 Å². The van der Waals surface area contributed by atoms with E-state index in [0.717, 1.165) is 11.8 Å². The third kappa shape index (κ3) is 2.81. The van der Waals surface area contributed by atoms with E-state index in [-0.39, 0.29) is 0 Å².